The van der Waals surface area contributed by atoms with Gasteiger partial charge in [0.2, 0.25) is 0 Å². The van der Waals surface area contributed by atoms with E-state index in [9.17, 15) is 0 Å². The summed E-state index contributed by atoms with van der Waals surface area (Å²) in [5, 5.41) is 7.78. The fraction of sp³-hybridized carbons (Fsp3) is 0.727. The van der Waals surface area contributed by atoms with Crippen LogP contribution in [-0.2, 0) is 6.54 Å². The SMILES string of the molecule is CC(Cn1cc(Br)cn1)NCCC1CC1. The molecule has 0 saturated heterocycles. The van der Waals surface area contributed by atoms with E-state index >= 15 is 0 Å². The Labute approximate surface area is 99.4 Å². The smallest absolute Gasteiger partial charge is 0.0632 e. The molecule has 0 spiro atoms. The third-order valence-electron chi connectivity index (χ3n) is 2.80. The van der Waals surface area contributed by atoms with Crippen LogP contribution in [0.3, 0.4) is 0 Å². The van der Waals surface area contributed by atoms with E-state index in [0.717, 1.165) is 23.5 Å². The lowest BCUT2D eigenvalue weighted by Crippen LogP contribution is -2.31. The van der Waals surface area contributed by atoms with Crippen LogP contribution < -0.4 is 5.32 Å². The van der Waals surface area contributed by atoms with Gasteiger partial charge in [0.25, 0.3) is 0 Å². The van der Waals surface area contributed by atoms with Crippen LogP contribution in [0.5, 0.6) is 0 Å². The lowest BCUT2D eigenvalue weighted by molar-refractivity contribution is 0.442. The van der Waals surface area contributed by atoms with Crippen molar-refractivity contribution in [2.75, 3.05) is 6.54 Å². The molecule has 4 heteroatoms. The minimum atomic E-state index is 0.496. The van der Waals surface area contributed by atoms with Crippen LogP contribution >= 0.6 is 15.9 Å². The van der Waals surface area contributed by atoms with Crippen LogP contribution in [-0.4, -0.2) is 22.4 Å². The highest BCUT2D eigenvalue weighted by molar-refractivity contribution is 9.10. The summed E-state index contributed by atoms with van der Waals surface area (Å²) in [6, 6.07) is 0.496. The van der Waals surface area contributed by atoms with E-state index < -0.39 is 0 Å². The van der Waals surface area contributed by atoms with Gasteiger partial charge in [0.15, 0.2) is 0 Å². The first-order valence-corrected chi connectivity index (χ1v) is 6.44. The molecular formula is C11H18BrN3. The zero-order valence-corrected chi connectivity index (χ0v) is 10.7. The maximum Gasteiger partial charge on any atom is 0.0632 e. The van der Waals surface area contributed by atoms with Gasteiger partial charge in [-0.05, 0) is 41.7 Å². The second-order valence-corrected chi connectivity index (χ2v) is 5.38. The molecule has 0 bridgehead atoms. The summed E-state index contributed by atoms with van der Waals surface area (Å²) in [7, 11) is 0. The van der Waals surface area contributed by atoms with Crippen molar-refractivity contribution in [3.8, 4) is 0 Å². The lowest BCUT2D eigenvalue weighted by atomic mass is 10.2. The summed E-state index contributed by atoms with van der Waals surface area (Å²) in [5.41, 5.74) is 0. The van der Waals surface area contributed by atoms with Crippen molar-refractivity contribution < 1.29 is 0 Å². The Morgan fingerprint density at radius 1 is 1.67 bits per heavy atom. The molecule has 1 aliphatic rings. The van der Waals surface area contributed by atoms with Crippen LogP contribution in [0.15, 0.2) is 16.9 Å². The van der Waals surface area contributed by atoms with Crippen LogP contribution in [0.2, 0.25) is 0 Å². The van der Waals surface area contributed by atoms with Crippen molar-refractivity contribution in [3.05, 3.63) is 16.9 Å². The maximum atomic E-state index is 4.24. The van der Waals surface area contributed by atoms with E-state index in [4.69, 9.17) is 0 Å². The number of nitrogens with zero attached hydrogens (tertiary/aromatic N) is 2. The highest BCUT2D eigenvalue weighted by Crippen LogP contribution is 2.31. The van der Waals surface area contributed by atoms with Gasteiger partial charge in [-0.25, -0.2) is 0 Å². The van der Waals surface area contributed by atoms with Gasteiger partial charge in [-0.3, -0.25) is 4.68 Å². The molecular weight excluding hydrogens is 254 g/mol. The lowest BCUT2D eigenvalue weighted by Gasteiger charge is -2.13. The highest BCUT2D eigenvalue weighted by atomic mass is 79.9. The molecule has 1 N–H and O–H groups in total. The van der Waals surface area contributed by atoms with Gasteiger partial charge in [-0.15, -0.1) is 0 Å². The van der Waals surface area contributed by atoms with Crippen molar-refractivity contribution >= 4 is 15.9 Å². The number of hydrogen-bond acceptors (Lipinski definition) is 2. The first-order valence-electron chi connectivity index (χ1n) is 5.65. The van der Waals surface area contributed by atoms with Gasteiger partial charge in [0, 0.05) is 12.2 Å². The van der Waals surface area contributed by atoms with Crippen molar-refractivity contribution in [2.45, 2.75) is 38.8 Å². The molecule has 15 heavy (non-hydrogen) atoms. The standard InChI is InChI=1S/C11H18BrN3/c1-9(13-5-4-10-2-3-10)7-15-8-11(12)6-14-15/h6,8-10,13H,2-5,7H2,1H3. The Morgan fingerprint density at radius 3 is 3.07 bits per heavy atom. The maximum absolute atomic E-state index is 4.24. The van der Waals surface area contributed by atoms with Crippen molar-refractivity contribution in [1.29, 1.82) is 0 Å². The van der Waals surface area contributed by atoms with Gasteiger partial charge >= 0.3 is 0 Å². The average molecular weight is 272 g/mol. The molecule has 1 saturated carbocycles. The fourth-order valence-corrected chi connectivity index (χ4v) is 2.05. The predicted molar refractivity (Wildman–Crippen MR) is 64.7 cm³/mol. The molecule has 1 fully saturated rings. The number of halogens is 1. The molecule has 2 rings (SSSR count). The Kier molecular flexibility index (Phi) is 3.81. The van der Waals surface area contributed by atoms with E-state index in [-0.39, 0.29) is 0 Å². The van der Waals surface area contributed by atoms with E-state index in [1.807, 2.05) is 17.1 Å². The molecule has 3 nitrogen and oxygen atoms in total. The quantitative estimate of drug-likeness (QED) is 0.862. The molecule has 0 amide bonds. The minimum absolute atomic E-state index is 0.496. The molecule has 0 radical (unpaired) electrons. The number of nitrogens with one attached hydrogen (secondary N) is 1. The average Bonchev–Trinajstić information content (AvgIpc) is 2.91. The fourth-order valence-electron chi connectivity index (χ4n) is 1.72. The van der Waals surface area contributed by atoms with Gasteiger partial charge in [-0.2, -0.15) is 5.10 Å². The molecule has 1 aromatic rings. The second kappa shape index (κ2) is 5.12. The first kappa shape index (κ1) is 11.1. The Bertz CT molecular complexity index is 307. The van der Waals surface area contributed by atoms with Crippen molar-refractivity contribution in [2.24, 2.45) is 5.92 Å². The zero-order valence-electron chi connectivity index (χ0n) is 9.12. The summed E-state index contributed by atoms with van der Waals surface area (Å²) >= 11 is 3.40. The normalized spacial score (nSPS) is 18.0. The number of hydrogen-bond donors (Lipinski definition) is 1. The summed E-state index contributed by atoms with van der Waals surface area (Å²) in [6.07, 6.45) is 8.08. The molecule has 0 aromatic carbocycles. The summed E-state index contributed by atoms with van der Waals surface area (Å²) < 4.78 is 3.02. The van der Waals surface area contributed by atoms with Crippen LogP contribution in [0.25, 0.3) is 0 Å². The third-order valence-corrected chi connectivity index (χ3v) is 3.21. The summed E-state index contributed by atoms with van der Waals surface area (Å²) in [5.74, 6) is 1.02. The van der Waals surface area contributed by atoms with Gasteiger partial charge in [0.1, 0.15) is 0 Å². The largest absolute Gasteiger partial charge is 0.312 e. The Morgan fingerprint density at radius 2 is 2.47 bits per heavy atom. The van der Waals surface area contributed by atoms with Gasteiger partial charge < -0.3 is 5.32 Å². The summed E-state index contributed by atoms with van der Waals surface area (Å²) in [4.78, 5) is 0. The topological polar surface area (TPSA) is 29.9 Å². The molecule has 1 aliphatic carbocycles. The Balaban J connectivity index is 1.64. The second-order valence-electron chi connectivity index (χ2n) is 4.47. The van der Waals surface area contributed by atoms with E-state index in [0.29, 0.717) is 6.04 Å². The molecule has 1 unspecified atom stereocenters. The molecule has 1 atom stereocenters. The van der Waals surface area contributed by atoms with Crippen LogP contribution in [0.1, 0.15) is 26.2 Å². The monoisotopic (exact) mass is 271 g/mol. The van der Waals surface area contributed by atoms with Gasteiger partial charge in [0.05, 0.1) is 17.2 Å². The third kappa shape index (κ3) is 3.95. The number of aromatic nitrogens is 2. The minimum Gasteiger partial charge on any atom is -0.312 e. The molecule has 1 aromatic heterocycles. The van der Waals surface area contributed by atoms with E-state index in [2.05, 4.69) is 33.3 Å². The zero-order chi connectivity index (χ0) is 10.7. The molecule has 84 valence electrons. The highest BCUT2D eigenvalue weighted by Gasteiger charge is 2.20. The van der Waals surface area contributed by atoms with Gasteiger partial charge in [-0.1, -0.05) is 12.8 Å². The first-order chi connectivity index (χ1) is 7.24. The molecule has 0 aliphatic heterocycles. The van der Waals surface area contributed by atoms with Crippen LogP contribution in [0.4, 0.5) is 0 Å². The Hall–Kier alpha value is -0.350. The predicted octanol–water partition coefficient (Wildman–Crippen LogP) is 2.42. The summed E-state index contributed by atoms with van der Waals surface area (Å²) in [6.45, 7) is 4.30. The van der Waals surface area contributed by atoms with Crippen LogP contribution in [0, 0.1) is 5.92 Å². The van der Waals surface area contributed by atoms with E-state index in [1.54, 1.807) is 0 Å². The molecule has 1 heterocycles. The van der Waals surface area contributed by atoms with Crippen molar-refractivity contribution in [1.82, 2.24) is 15.1 Å². The number of rotatable bonds is 6. The van der Waals surface area contributed by atoms with E-state index in [1.165, 1.54) is 19.3 Å². The van der Waals surface area contributed by atoms with Crippen molar-refractivity contribution in [3.63, 3.8) is 0 Å².